The number of hydrogen-bond donors (Lipinski definition) is 0. The van der Waals surface area contributed by atoms with Crippen molar-refractivity contribution in [1.82, 2.24) is 14.5 Å². The van der Waals surface area contributed by atoms with E-state index < -0.39 is 0 Å². The first-order chi connectivity index (χ1) is 24.8. The van der Waals surface area contributed by atoms with Crippen molar-refractivity contribution in [2.45, 2.75) is 53.4 Å². The first kappa shape index (κ1) is 32.4. The van der Waals surface area contributed by atoms with E-state index in [1.807, 2.05) is 24.4 Å². The Morgan fingerprint density at radius 1 is 0.529 bits per heavy atom. The molecule has 0 saturated carbocycles. The van der Waals surface area contributed by atoms with Crippen LogP contribution in [0, 0.1) is 27.7 Å². The van der Waals surface area contributed by atoms with Gasteiger partial charge in [0.05, 0.1) is 28.6 Å². The largest absolute Gasteiger partial charge is 0.306 e. The topological polar surface area (TPSA) is 30.7 Å². The highest BCUT2D eigenvalue weighted by molar-refractivity contribution is 6.11. The predicted octanol–water partition coefficient (Wildman–Crippen LogP) is 12.7. The van der Waals surface area contributed by atoms with Crippen molar-refractivity contribution in [3.63, 3.8) is 0 Å². The molecule has 0 saturated heterocycles. The van der Waals surface area contributed by atoms with Crippen molar-refractivity contribution < 1.29 is 0 Å². The molecule has 0 fully saturated rings. The smallest absolute Gasteiger partial charge is 0.159 e. The van der Waals surface area contributed by atoms with Crippen LogP contribution < -0.4 is 0 Å². The summed E-state index contributed by atoms with van der Waals surface area (Å²) < 4.78 is 2.38. The molecule has 250 valence electrons. The molecule has 0 N–H and O–H groups in total. The van der Waals surface area contributed by atoms with Crippen LogP contribution in [0.2, 0.25) is 0 Å². The Hall–Kier alpha value is -5.80. The quantitative estimate of drug-likeness (QED) is 0.170. The number of benzene rings is 6. The van der Waals surface area contributed by atoms with E-state index >= 15 is 0 Å². The summed E-state index contributed by atoms with van der Waals surface area (Å²) in [6, 6.07) is 48.3. The van der Waals surface area contributed by atoms with Gasteiger partial charge < -0.3 is 4.57 Å². The van der Waals surface area contributed by atoms with Crippen molar-refractivity contribution in [2.75, 3.05) is 0 Å². The molecule has 0 aliphatic rings. The van der Waals surface area contributed by atoms with E-state index in [-0.39, 0.29) is 5.92 Å². The Balaban J connectivity index is 1.45. The number of rotatable bonds is 7. The average Bonchev–Trinajstić information content (AvgIpc) is 3.48. The summed E-state index contributed by atoms with van der Waals surface area (Å²) in [5.41, 5.74) is 17.0. The molecular weight excluding hydrogens is 619 g/mol. The molecule has 2 aromatic heterocycles. The maximum Gasteiger partial charge on any atom is 0.159 e. The number of para-hydroxylation sites is 1. The van der Waals surface area contributed by atoms with Crippen LogP contribution in [-0.2, 0) is 0 Å². The lowest BCUT2D eigenvalue weighted by atomic mass is 9.77. The Bertz CT molecular complexity index is 2540. The van der Waals surface area contributed by atoms with Crippen LogP contribution >= 0.6 is 0 Å². The Morgan fingerprint density at radius 2 is 1.16 bits per heavy atom. The van der Waals surface area contributed by atoms with Crippen LogP contribution in [0.5, 0.6) is 0 Å². The second-order valence-corrected chi connectivity index (χ2v) is 14.1. The minimum Gasteiger partial charge on any atom is -0.306 e. The number of nitrogens with zero attached hydrogens (tertiary/aromatic N) is 3. The van der Waals surface area contributed by atoms with Crippen molar-refractivity contribution in [2.24, 2.45) is 0 Å². The SMILES string of the molecule is Cc1ccccc1-c1c(C)ccc(C)c1-c1cc2c3ccccc3n(-c3cnc(-c4ccccc4)nc3C)c2cc1C(C)C(C)c1ccccc1. The lowest BCUT2D eigenvalue weighted by Gasteiger charge is -2.27. The van der Waals surface area contributed by atoms with Gasteiger partial charge in [0.15, 0.2) is 5.82 Å². The highest BCUT2D eigenvalue weighted by Crippen LogP contribution is 2.47. The van der Waals surface area contributed by atoms with Gasteiger partial charge in [-0.25, -0.2) is 9.97 Å². The van der Waals surface area contributed by atoms with Gasteiger partial charge in [-0.15, -0.1) is 0 Å². The zero-order valence-corrected chi connectivity index (χ0v) is 30.3. The monoisotopic (exact) mass is 661 g/mol. The van der Waals surface area contributed by atoms with Gasteiger partial charge >= 0.3 is 0 Å². The molecular formula is C48H43N3. The summed E-state index contributed by atoms with van der Waals surface area (Å²) in [7, 11) is 0. The fourth-order valence-electron chi connectivity index (χ4n) is 7.96. The summed E-state index contributed by atoms with van der Waals surface area (Å²) in [5, 5.41) is 2.45. The van der Waals surface area contributed by atoms with Crippen LogP contribution in [0.4, 0.5) is 0 Å². The molecule has 8 rings (SSSR count). The predicted molar refractivity (Wildman–Crippen MR) is 215 cm³/mol. The molecule has 2 heterocycles. The average molecular weight is 662 g/mol. The van der Waals surface area contributed by atoms with Crippen LogP contribution in [-0.4, -0.2) is 14.5 Å². The van der Waals surface area contributed by atoms with Crippen LogP contribution in [0.1, 0.15) is 59.2 Å². The fourth-order valence-corrected chi connectivity index (χ4v) is 7.96. The molecule has 0 spiro atoms. The molecule has 0 aliphatic heterocycles. The molecule has 0 radical (unpaired) electrons. The highest BCUT2D eigenvalue weighted by atomic mass is 15.0. The number of aromatic nitrogens is 3. The Morgan fingerprint density at radius 3 is 1.86 bits per heavy atom. The molecule has 0 amide bonds. The summed E-state index contributed by atoms with van der Waals surface area (Å²) >= 11 is 0. The molecule has 8 aromatic rings. The minimum absolute atomic E-state index is 0.223. The standard InChI is InChI=1S/C48H43N3/c1-30-17-13-14-22-38(30)46-31(2)25-26-32(3)47(46)42-27-41-39-23-15-16-24-43(39)51(45-29-49-48(50-35(45)6)37-20-11-8-12-21-37)44(41)28-40(42)34(5)33(4)36-18-9-7-10-19-36/h7-29,33-34H,1-6H3. The Kier molecular flexibility index (Phi) is 8.36. The maximum absolute atomic E-state index is 5.05. The lowest BCUT2D eigenvalue weighted by Crippen LogP contribution is -2.08. The van der Waals surface area contributed by atoms with Gasteiger partial charge in [-0.1, -0.05) is 129 Å². The highest BCUT2D eigenvalue weighted by Gasteiger charge is 2.26. The molecule has 51 heavy (non-hydrogen) atoms. The molecule has 2 unspecified atom stereocenters. The van der Waals surface area contributed by atoms with E-state index in [0.717, 1.165) is 28.3 Å². The zero-order chi connectivity index (χ0) is 35.2. The minimum atomic E-state index is 0.223. The number of hydrogen-bond acceptors (Lipinski definition) is 2. The van der Waals surface area contributed by atoms with Gasteiger partial charge in [-0.05, 0) is 108 Å². The molecule has 3 nitrogen and oxygen atoms in total. The first-order valence-electron chi connectivity index (χ1n) is 18.0. The van der Waals surface area contributed by atoms with Crippen LogP contribution in [0.3, 0.4) is 0 Å². The molecule has 2 atom stereocenters. The van der Waals surface area contributed by atoms with E-state index in [9.17, 15) is 0 Å². The van der Waals surface area contributed by atoms with Gasteiger partial charge in [0.25, 0.3) is 0 Å². The third kappa shape index (κ3) is 5.63. The summed E-state index contributed by atoms with van der Waals surface area (Å²) in [4.78, 5) is 9.96. The van der Waals surface area contributed by atoms with Gasteiger partial charge in [-0.2, -0.15) is 0 Å². The van der Waals surface area contributed by atoms with Crippen LogP contribution in [0.25, 0.3) is 61.1 Å². The second-order valence-electron chi connectivity index (χ2n) is 14.1. The maximum atomic E-state index is 5.05. The fraction of sp³-hybridized carbons (Fsp3) is 0.167. The van der Waals surface area contributed by atoms with E-state index in [1.165, 1.54) is 66.4 Å². The van der Waals surface area contributed by atoms with Crippen LogP contribution in [0.15, 0.2) is 140 Å². The van der Waals surface area contributed by atoms with Gasteiger partial charge in [-0.3, -0.25) is 0 Å². The number of fused-ring (bicyclic) bond motifs is 3. The molecule has 3 heteroatoms. The molecule has 0 bridgehead atoms. The summed E-state index contributed by atoms with van der Waals surface area (Å²) in [5.74, 6) is 1.26. The molecule has 0 aliphatic carbocycles. The van der Waals surface area contributed by atoms with Gasteiger partial charge in [0, 0.05) is 16.3 Å². The summed E-state index contributed by atoms with van der Waals surface area (Å²) in [6.45, 7) is 13.6. The van der Waals surface area contributed by atoms with Gasteiger partial charge in [0.1, 0.15) is 0 Å². The van der Waals surface area contributed by atoms with E-state index in [0.29, 0.717) is 5.92 Å². The van der Waals surface area contributed by atoms with E-state index in [2.05, 4.69) is 161 Å². The van der Waals surface area contributed by atoms with Crippen molar-refractivity contribution >= 4 is 21.8 Å². The van der Waals surface area contributed by atoms with Crippen molar-refractivity contribution in [3.8, 4) is 39.3 Å². The second kappa shape index (κ2) is 13.2. The van der Waals surface area contributed by atoms with Crippen molar-refractivity contribution in [3.05, 3.63) is 173 Å². The first-order valence-corrected chi connectivity index (χ1v) is 18.0. The normalized spacial score (nSPS) is 12.7. The Labute approximate surface area is 301 Å². The number of aryl methyl sites for hydroxylation is 4. The lowest BCUT2D eigenvalue weighted by molar-refractivity contribution is 0.625. The third-order valence-electron chi connectivity index (χ3n) is 10.9. The van der Waals surface area contributed by atoms with E-state index in [4.69, 9.17) is 9.97 Å². The zero-order valence-electron chi connectivity index (χ0n) is 30.3. The third-order valence-corrected chi connectivity index (χ3v) is 10.9. The van der Waals surface area contributed by atoms with Crippen molar-refractivity contribution in [1.29, 1.82) is 0 Å². The van der Waals surface area contributed by atoms with Gasteiger partial charge in [0.2, 0.25) is 0 Å². The van der Waals surface area contributed by atoms with E-state index in [1.54, 1.807) is 0 Å². The molecule has 6 aromatic carbocycles. The summed E-state index contributed by atoms with van der Waals surface area (Å²) in [6.07, 6.45) is 2.00.